The molecule has 3 aromatic carbocycles. The predicted molar refractivity (Wildman–Crippen MR) is 113 cm³/mol. The average Bonchev–Trinajstić information content (AvgIpc) is 2.66. The highest BCUT2D eigenvalue weighted by atomic mass is 15.1. The molecule has 0 heterocycles. The highest BCUT2D eigenvalue weighted by Gasteiger charge is 1.93. The van der Waals surface area contributed by atoms with E-state index < -0.39 is 0 Å². The number of hydrogen-bond donors (Lipinski definition) is 1. The topological polar surface area (TPSA) is 4.44 Å². The molecule has 3 aromatic rings. The minimum Gasteiger partial charge on any atom is -0.307 e. The third kappa shape index (κ3) is 12.7. The van der Waals surface area contributed by atoms with Crippen LogP contribution in [0.2, 0.25) is 0 Å². The summed E-state index contributed by atoms with van der Waals surface area (Å²) >= 11 is 0. The molecule has 0 amide bonds. The van der Waals surface area contributed by atoms with Crippen molar-refractivity contribution in [1.82, 2.24) is 0 Å². The van der Waals surface area contributed by atoms with Crippen LogP contribution in [-0.2, 0) is 0 Å². The van der Waals surface area contributed by atoms with E-state index in [1.165, 1.54) is 21.7 Å². The van der Waals surface area contributed by atoms with Crippen LogP contribution in [0.1, 0.15) is 25.0 Å². The zero-order chi connectivity index (χ0) is 18.9. The van der Waals surface area contributed by atoms with Gasteiger partial charge >= 0.3 is 0 Å². The summed E-state index contributed by atoms with van der Waals surface area (Å²) in [4.78, 5) is 1.37. The maximum atomic E-state index is 2.12. The van der Waals surface area contributed by atoms with E-state index in [2.05, 4.69) is 76.5 Å². The van der Waals surface area contributed by atoms with Crippen molar-refractivity contribution in [2.45, 2.75) is 27.7 Å². The second-order valence-electron chi connectivity index (χ2n) is 5.68. The van der Waals surface area contributed by atoms with Gasteiger partial charge in [0.15, 0.2) is 0 Å². The number of nitrogens with one attached hydrogen (secondary N) is 1. The van der Waals surface area contributed by atoms with Crippen molar-refractivity contribution in [2.75, 3.05) is 14.1 Å². The van der Waals surface area contributed by atoms with Crippen LogP contribution in [0.4, 0.5) is 5.69 Å². The van der Waals surface area contributed by atoms with Crippen LogP contribution >= 0.6 is 0 Å². The van der Waals surface area contributed by atoms with E-state index in [9.17, 15) is 0 Å². The molecule has 0 unspecified atom stereocenters. The highest BCUT2D eigenvalue weighted by molar-refractivity contribution is 5.27. The van der Waals surface area contributed by atoms with Crippen molar-refractivity contribution in [3.63, 3.8) is 0 Å². The van der Waals surface area contributed by atoms with E-state index in [1.54, 1.807) is 0 Å². The van der Waals surface area contributed by atoms with Gasteiger partial charge < -0.3 is 4.90 Å². The van der Waals surface area contributed by atoms with Crippen molar-refractivity contribution in [3.05, 3.63) is 102 Å². The summed E-state index contributed by atoms with van der Waals surface area (Å²) in [6.07, 6.45) is 0. The fourth-order valence-electron chi connectivity index (χ4n) is 1.84. The molecule has 1 nitrogen and oxygen atoms in total. The molecule has 0 saturated heterocycles. The first kappa shape index (κ1) is 22.6. The monoisotopic (exact) mass is 336 g/mol. The lowest BCUT2D eigenvalue weighted by Crippen LogP contribution is -3.00. The Balaban J connectivity index is 0.000000332. The number of para-hydroxylation sites is 1. The Labute approximate surface area is 155 Å². The van der Waals surface area contributed by atoms with Gasteiger partial charge in [-0.05, 0) is 26.0 Å². The maximum Gasteiger partial charge on any atom is 0.130 e. The lowest BCUT2D eigenvalue weighted by molar-refractivity contribution is -0.786. The molecule has 0 aliphatic heterocycles. The molecule has 0 atom stereocenters. The van der Waals surface area contributed by atoms with Crippen LogP contribution in [0.15, 0.2) is 91.0 Å². The zero-order valence-corrected chi connectivity index (χ0v) is 16.7. The molecule has 134 valence electrons. The summed E-state index contributed by atoms with van der Waals surface area (Å²) in [6.45, 7) is 8.17. The van der Waals surface area contributed by atoms with Crippen LogP contribution in [0.25, 0.3) is 0 Å². The number of aryl methyl sites for hydroxylation is 2. The van der Waals surface area contributed by atoms with E-state index in [0.717, 1.165) is 0 Å². The van der Waals surface area contributed by atoms with E-state index in [4.69, 9.17) is 0 Å². The summed E-state index contributed by atoms with van der Waals surface area (Å²) in [6, 6.07) is 30.9. The Bertz CT molecular complexity index is 579. The molecule has 3 rings (SSSR count). The van der Waals surface area contributed by atoms with Gasteiger partial charge in [-0.15, -0.1) is 0 Å². The summed E-state index contributed by atoms with van der Waals surface area (Å²) in [5.74, 6) is 0. The van der Waals surface area contributed by atoms with Crippen LogP contribution in [-0.4, -0.2) is 14.1 Å². The summed E-state index contributed by atoms with van der Waals surface area (Å²) in [7, 11) is 4.24. The van der Waals surface area contributed by atoms with Crippen LogP contribution in [0.3, 0.4) is 0 Å². The Morgan fingerprint density at radius 2 is 0.760 bits per heavy atom. The fourth-order valence-corrected chi connectivity index (χ4v) is 1.84. The Hall–Kier alpha value is -2.38. The molecule has 0 spiro atoms. The molecule has 1 heteroatoms. The van der Waals surface area contributed by atoms with Gasteiger partial charge in [-0.25, -0.2) is 0 Å². The molecule has 0 fully saturated rings. The van der Waals surface area contributed by atoms with Gasteiger partial charge in [0.1, 0.15) is 5.69 Å². The van der Waals surface area contributed by atoms with Gasteiger partial charge in [0, 0.05) is 0 Å². The van der Waals surface area contributed by atoms with Crippen molar-refractivity contribution in [3.8, 4) is 0 Å². The lowest BCUT2D eigenvalue weighted by Gasteiger charge is -2.03. The SMILES string of the molecule is CC.C[NH+](C)c1ccccc1.Cc1ccccc1.Cc1ccccc1. The van der Waals surface area contributed by atoms with Crippen LogP contribution in [0.5, 0.6) is 0 Å². The molecule has 1 N–H and O–H groups in total. The molecular weight excluding hydrogens is 302 g/mol. The van der Waals surface area contributed by atoms with Gasteiger partial charge in [-0.2, -0.15) is 0 Å². The third-order valence-corrected chi connectivity index (χ3v) is 3.23. The molecule has 0 bridgehead atoms. The number of hydrogen-bond acceptors (Lipinski definition) is 0. The van der Waals surface area contributed by atoms with Gasteiger partial charge in [0.25, 0.3) is 0 Å². The molecule has 25 heavy (non-hydrogen) atoms. The fraction of sp³-hybridized carbons (Fsp3) is 0.250. The van der Waals surface area contributed by atoms with Gasteiger partial charge in [0.2, 0.25) is 0 Å². The average molecular weight is 337 g/mol. The first-order valence-electron chi connectivity index (χ1n) is 8.98. The molecule has 0 radical (unpaired) electrons. The minimum atomic E-state index is 1.32. The summed E-state index contributed by atoms with van der Waals surface area (Å²) in [5, 5.41) is 0. The summed E-state index contributed by atoms with van der Waals surface area (Å²) in [5.41, 5.74) is 3.97. The van der Waals surface area contributed by atoms with E-state index in [-0.39, 0.29) is 0 Å². The second-order valence-corrected chi connectivity index (χ2v) is 5.68. The van der Waals surface area contributed by atoms with Gasteiger partial charge in [-0.3, -0.25) is 0 Å². The Kier molecular flexibility index (Phi) is 13.7. The smallest absolute Gasteiger partial charge is 0.130 e. The molecule has 0 aliphatic carbocycles. The largest absolute Gasteiger partial charge is 0.307 e. The number of quaternary nitrogens is 1. The number of benzene rings is 3. The molecular formula is C24H34N+. The van der Waals surface area contributed by atoms with E-state index >= 15 is 0 Å². The van der Waals surface area contributed by atoms with Crippen molar-refractivity contribution >= 4 is 5.69 Å². The van der Waals surface area contributed by atoms with Crippen molar-refractivity contribution < 1.29 is 4.90 Å². The molecule has 0 aromatic heterocycles. The van der Waals surface area contributed by atoms with E-state index in [1.807, 2.05) is 56.3 Å². The normalized spacial score (nSPS) is 8.76. The minimum absolute atomic E-state index is 1.32. The molecule has 0 aliphatic rings. The first-order chi connectivity index (χ1) is 12.1. The van der Waals surface area contributed by atoms with Crippen molar-refractivity contribution in [1.29, 1.82) is 0 Å². The quantitative estimate of drug-likeness (QED) is 0.600. The Morgan fingerprint density at radius 3 is 0.920 bits per heavy atom. The van der Waals surface area contributed by atoms with E-state index in [0.29, 0.717) is 0 Å². The highest BCUT2D eigenvalue weighted by Crippen LogP contribution is 1.96. The standard InChI is InChI=1S/C8H11N.2C7H8.C2H6/c1-9(2)8-6-4-3-5-7-8;2*1-7-5-3-2-4-6-7;1-2/h3-7H,1-2H3;2*2-6H,1H3;1-2H3/p+1. The lowest BCUT2D eigenvalue weighted by atomic mass is 10.2. The first-order valence-corrected chi connectivity index (χ1v) is 8.98. The number of rotatable bonds is 1. The molecule has 0 saturated carbocycles. The Morgan fingerprint density at radius 1 is 0.480 bits per heavy atom. The summed E-state index contributed by atoms with van der Waals surface area (Å²) < 4.78 is 0. The van der Waals surface area contributed by atoms with Gasteiger partial charge in [-0.1, -0.05) is 104 Å². The zero-order valence-electron chi connectivity index (χ0n) is 16.7. The van der Waals surface area contributed by atoms with Crippen LogP contribution in [0, 0.1) is 13.8 Å². The predicted octanol–water partition coefficient (Wildman–Crippen LogP) is 5.48. The maximum absolute atomic E-state index is 2.12. The van der Waals surface area contributed by atoms with Gasteiger partial charge in [0.05, 0.1) is 14.1 Å². The second kappa shape index (κ2) is 15.2. The third-order valence-electron chi connectivity index (χ3n) is 3.23. The van der Waals surface area contributed by atoms with Crippen molar-refractivity contribution in [2.24, 2.45) is 0 Å². The van der Waals surface area contributed by atoms with Crippen LogP contribution < -0.4 is 4.90 Å².